The van der Waals surface area contributed by atoms with E-state index in [-0.39, 0.29) is 11.9 Å². The maximum Gasteiger partial charge on any atom is 0.274 e. The Morgan fingerprint density at radius 1 is 1.06 bits per heavy atom. The third kappa shape index (κ3) is 3.76. The predicted molar refractivity (Wildman–Crippen MR) is 121 cm³/mol. The Morgan fingerprint density at radius 2 is 1.84 bits per heavy atom. The molecule has 162 valence electrons. The van der Waals surface area contributed by atoms with Crippen LogP contribution >= 0.6 is 11.6 Å². The lowest BCUT2D eigenvalue weighted by Gasteiger charge is -2.34. The molecule has 7 nitrogen and oxygen atoms in total. The first-order chi connectivity index (χ1) is 15.0. The number of aryl methyl sites for hydroxylation is 2. The third-order valence-corrected chi connectivity index (χ3v) is 6.63. The van der Waals surface area contributed by atoms with E-state index in [1.807, 2.05) is 34.7 Å². The maximum atomic E-state index is 13.4. The molecule has 0 bridgehead atoms. The molecular weight excluding hydrogens is 412 g/mol. The first-order valence-electron chi connectivity index (χ1n) is 11.1. The second-order valence-electron chi connectivity index (χ2n) is 8.61. The average Bonchev–Trinajstić information content (AvgIpc) is 3.44. The maximum absolute atomic E-state index is 13.4. The Balaban J connectivity index is 1.49. The van der Waals surface area contributed by atoms with Gasteiger partial charge in [0.25, 0.3) is 5.91 Å². The van der Waals surface area contributed by atoms with Crippen LogP contribution in [-0.2, 0) is 0 Å². The van der Waals surface area contributed by atoms with Gasteiger partial charge in [0.2, 0.25) is 0 Å². The summed E-state index contributed by atoms with van der Waals surface area (Å²) in [5, 5.41) is 5.21. The van der Waals surface area contributed by atoms with Crippen molar-refractivity contribution in [2.45, 2.75) is 52.0 Å². The van der Waals surface area contributed by atoms with E-state index in [2.05, 4.69) is 16.8 Å². The van der Waals surface area contributed by atoms with Crippen LogP contribution in [0.25, 0.3) is 5.65 Å². The van der Waals surface area contributed by atoms with Crippen molar-refractivity contribution < 1.29 is 4.79 Å². The van der Waals surface area contributed by atoms with Crippen molar-refractivity contribution in [2.24, 2.45) is 0 Å². The standard InChI is InChI=1S/C23H27ClN6O/c1-15-14-30-20(26-22(15)28-10-5-6-11-28)13-18(27-30)19-7-3-4-12-29(19)23(31)21-17(24)9-8-16(2)25-21/h8-9,13-14,19H,3-7,10-12H2,1-2H3/t19-/m0/s1. The van der Waals surface area contributed by atoms with Crippen molar-refractivity contribution in [1.82, 2.24) is 24.5 Å². The van der Waals surface area contributed by atoms with Crippen LogP contribution in [0, 0.1) is 13.8 Å². The molecule has 5 rings (SSSR count). The van der Waals surface area contributed by atoms with Gasteiger partial charge >= 0.3 is 0 Å². The van der Waals surface area contributed by atoms with Crippen LogP contribution in [0.1, 0.15) is 65.6 Å². The van der Waals surface area contributed by atoms with E-state index in [1.165, 1.54) is 12.8 Å². The second kappa shape index (κ2) is 8.11. The molecule has 0 saturated carbocycles. The highest BCUT2D eigenvalue weighted by atomic mass is 35.5. The van der Waals surface area contributed by atoms with Gasteiger partial charge in [-0.1, -0.05) is 11.6 Å². The Labute approximate surface area is 187 Å². The molecule has 3 aromatic rings. The lowest BCUT2D eigenvalue weighted by molar-refractivity contribution is 0.0599. The first-order valence-corrected chi connectivity index (χ1v) is 11.4. The number of carbonyl (C=O) groups is 1. The summed E-state index contributed by atoms with van der Waals surface area (Å²) in [6.07, 6.45) is 7.37. The third-order valence-electron chi connectivity index (χ3n) is 6.32. The van der Waals surface area contributed by atoms with Crippen LogP contribution in [0.15, 0.2) is 24.4 Å². The summed E-state index contributed by atoms with van der Waals surface area (Å²) in [5.41, 5.74) is 3.93. The van der Waals surface area contributed by atoms with Crippen molar-refractivity contribution in [3.63, 3.8) is 0 Å². The molecule has 1 amide bonds. The van der Waals surface area contributed by atoms with Crippen molar-refractivity contribution in [1.29, 1.82) is 0 Å². The van der Waals surface area contributed by atoms with Crippen LogP contribution in [0.3, 0.4) is 0 Å². The molecule has 0 aliphatic carbocycles. The number of anilines is 1. The molecule has 0 spiro atoms. The number of amides is 1. The minimum Gasteiger partial charge on any atom is -0.356 e. The van der Waals surface area contributed by atoms with E-state index in [0.717, 1.165) is 60.8 Å². The van der Waals surface area contributed by atoms with E-state index < -0.39 is 0 Å². The van der Waals surface area contributed by atoms with Gasteiger partial charge in [-0.25, -0.2) is 14.5 Å². The van der Waals surface area contributed by atoms with Gasteiger partial charge in [0.05, 0.1) is 16.8 Å². The highest BCUT2D eigenvalue weighted by Gasteiger charge is 2.32. The van der Waals surface area contributed by atoms with Gasteiger partial charge < -0.3 is 9.80 Å². The van der Waals surface area contributed by atoms with Crippen LogP contribution in [-0.4, -0.2) is 50.0 Å². The minimum absolute atomic E-state index is 0.100. The molecule has 1 atom stereocenters. The monoisotopic (exact) mass is 438 g/mol. The summed E-state index contributed by atoms with van der Waals surface area (Å²) in [6, 6.07) is 5.49. The lowest BCUT2D eigenvalue weighted by atomic mass is 9.99. The number of fused-ring (bicyclic) bond motifs is 1. The zero-order chi connectivity index (χ0) is 21.5. The Bertz CT molecular complexity index is 1140. The normalized spacial score (nSPS) is 19.4. The van der Waals surface area contributed by atoms with Gasteiger partial charge in [-0.3, -0.25) is 4.79 Å². The topological polar surface area (TPSA) is 66.6 Å². The molecule has 8 heteroatoms. The molecule has 2 fully saturated rings. The van der Waals surface area contributed by atoms with Crippen LogP contribution in [0.2, 0.25) is 5.02 Å². The predicted octanol–water partition coefficient (Wildman–Crippen LogP) is 4.36. The largest absolute Gasteiger partial charge is 0.356 e. The highest BCUT2D eigenvalue weighted by Crippen LogP contribution is 2.33. The molecule has 0 radical (unpaired) electrons. The number of likely N-dealkylation sites (tertiary alicyclic amines) is 1. The quantitative estimate of drug-likeness (QED) is 0.607. The fraction of sp³-hybridized carbons (Fsp3) is 0.478. The molecule has 0 aromatic carbocycles. The molecule has 5 heterocycles. The number of aromatic nitrogens is 4. The molecule has 3 aromatic heterocycles. The SMILES string of the molecule is Cc1ccc(Cl)c(C(=O)N2CCCC[C@H]2c2cc3nc(N4CCCC4)c(C)cn3n2)n1. The van der Waals surface area contributed by atoms with Gasteiger partial charge in [-0.2, -0.15) is 5.10 Å². The number of pyridine rings is 1. The summed E-state index contributed by atoms with van der Waals surface area (Å²) in [7, 11) is 0. The van der Waals surface area contributed by atoms with Crippen molar-refractivity contribution in [2.75, 3.05) is 24.5 Å². The number of hydrogen-bond donors (Lipinski definition) is 0. The van der Waals surface area contributed by atoms with E-state index in [4.69, 9.17) is 21.7 Å². The summed E-state index contributed by atoms with van der Waals surface area (Å²) >= 11 is 6.32. The summed E-state index contributed by atoms with van der Waals surface area (Å²) in [5.74, 6) is 0.918. The zero-order valence-corrected chi connectivity index (χ0v) is 18.8. The number of carbonyl (C=O) groups excluding carboxylic acids is 1. The number of rotatable bonds is 3. The van der Waals surface area contributed by atoms with Crippen molar-refractivity contribution >= 4 is 29.0 Å². The average molecular weight is 439 g/mol. The minimum atomic E-state index is -0.127. The van der Waals surface area contributed by atoms with Crippen molar-refractivity contribution in [3.05, 3.63) is 52.1 Å². The van der Waals surface area contributed by atoms with Crippen LogP contribution < -0.4 is 4.90 Å². The highest BCUT2D eigenvalue weighted by molar-refractivity contribution is 6.33. The molecule has 0 N–H and O–H groups in total. The molecular formula is C23H27ClN6O. The molecule has 2 aliphatic rings. The number of piperidine rings is 1. The van der Waals surface area contributed by atoms with Gasteiger partial charge in [-0.05, 0) is 58.1 Å². The molecule has 2 saturated heterocycles. The first kappa shape index (κ1) is 20.2. The number of nitrogens with zero attached hydrogens (tertiary/aromatic N) is 6. The van der Waals surface area contributed by atoms with Gasteiger partial charge in [-0.15, -0.1) is 0 Å². The van der Waals surface area contributed by atoms with Crippen LogP contribution in [0.5, 0.6) is 0 Å². The van der Waals surface area contributed by atoms with Gasteiger partial charge in [0, 0.05) is 43.2 Å². The van der Waals surface area contributed by atoms with Gasteiger partial charge in [0.1, 0.15) is 11.5 Å². The Morgan fingerprint density at radius 3 is 2.65 bits per heavy atom. The second-order valence-corrected chi connectivity index (χ2v) is 9.01. The Kier molecular flexibility index (Phi) is 5.30. The summed E-state index contributed by atoms with van der Waals surface area (Å²) < 4.78 is 1.85. The van der Waals surface area contributed by atoms with Gasteiger partial charge in [0.15, 0.2) is 5.65 Å². The number of hydrogen-bond acceptors (Lipinski definition) is 5. The Hall–Kier alpha value is -2.67. The zero-order valence-electron chi connectivity index (χ0n) is 18.0. The summed E-state index contributed by atoms with van der Waals surface area (Å²) in [6.45, 7) is 6.74. The fourth-order valence-electron chi connectivity index (χ4n) is 4.74. The van der Waals surface area contributed by atoms with Crippen molar-refractivity contribution in [3.8, 4) is 0 Å². The molecule has 2 aliphatic heterocycles. The summed E-state index contributed by atoms with van der Waals surface area (Å²) in [4.78, 5) is 26.9. The van der Waals surface area contributed by atoms with E-state index in [9.17, 15) is 4.79 Å². The van der Waals surface area contributed by atoms with E-state index in [1.54, 1.807) is 6.07 Å². The molecule has 0 unspecified atom stereocenters. The lowest BCUT2D eigenvalue weighted by Crippen LogP contribution is -2.39. The molecule has 31 heavy (non-hydrogen) atoms. The fourth-order valence-corrected chi connectivity index (χ4v) is 4.93. The smallest absolute Gasteiger partial charge is 0.274 e. The number of halogens is 1. The van der Waals surface area contributed by atoms with Crippen LogP contribution in [0.4, 0.5) is 5.82 Å². The van der Waals surface area contributed by atoms with E-state index in [0.29, 0.717) is 17.3 Å². The van der Waals surface area contributed by atoms with E-state index >= 15 is 0 Å².